The quantitative estimate of drug-likeness (QED) is 0.0396. The van der Waals surface area contributed by atoms with Crippen molar-refractivity contribution in [2.45, 2.75) is 104 Å². The van der Waals surface area contributed by atoms with E-state index in [1.54, 1.807) is 25.0 Å². The van der Waals surface area contributed by atoms with E-state index in [-0.39, 0.29) is 49.7 Å². The van der Waals surface area contributed by atoms with Crippen LogP contribution in [-0.4, -0.2) is 88.9 Å². The van der Waals surface area contributed by atoms with Crippen molar-refractivity contribution in [3.63, 3.8) is 0 Å². The Hall–Kier alpha value is -6.44. The van der Waals surface area contributed by atoms with Gasteiger partial charge in [0.05, 0.1) is 45.4 Å². The molecule has 6 aromatic rings. The number of aromatic amines is 1. The summed E-state index contributed by atoms with van der Waals surface area (Å²) >= 11 is 0. The van der Waals surface area contributed by atoms with Gasteiger partial charge in [-0.3, -0.25) is 28.5 Å². The molecule has 0 aliphatic carbocycles. The van der Waals surface area contributed by atoms with Crippen LogP contribution < -0.4 is 26.0 Å². The van der Waals surface area contributed by atoms with Crippen LogP contribution >= 0.6 is 8.53 Å². The Labute approximate surface area is 428 Å². The lowest BCUT2D eigenvalue weighted by molar-refractivity contribution is -0.0931. The number of nitriles is 1. The van der Waals surface area contributed by atoms with E-state index in [1.807, 2.05) is 159 Å². The van der Waals surface area contributed by atoms with Crippen LogP contribution in [0.3, 0.4) is 0 Å². The van der Waals surface area contributed by atoms with E-state index in [9.17, 15) is 24.4 Å². The van der Waals surface area contributed by atoms with E-state index < -0.39 is 61.1 Å². The second-order valence-corrected chi connectivity index (χ2v) is 21.1. The molecule has 0 saturated carbocycles. The van der Waals surface area contributed by atoms with Crippen LogP contribution in [-0.2, 0) is 30.5 Å². The SMILES string of the molecule is COc1ccc(C(OC[C@H]2O[C@@H](n3cc(C(=O)NCCc4cn(C(=O)C(C)(C)C)c5ccccc45)c(=O)[nH]c3=O)[C@@H](C)C2OP(OCCC#N)N(C(C)C)C(C)C)(c2ccccc2)c2ccc(OC)cc2)cc1. The zero-order chi connectivity index (χ0) is 52.6. The second-order valence-electron chi connectivity index (χ2n) is 19.7. The summed E-state index contributed by atoms with van der Waals surface area (Å²) in [6.45, 7) is 15.8. The molecule has 1 aliphatic rings. The second kappa shape index (κ2) is 23.6. The van der Waals surface area contributed by atoms with Gasteiger partial charge in [0.15, 0.2) is 0 Å². The maximum Gasteiger partial charge on any atom is 0.330 e. The highest BCUT2D eigenvalue weighted by molar-refractivity contribution is 7.44. The highest BCUT2D eigenvalue weighted by Gasteiger charge is 2.49. The van der Waals surface area contributed by atoms with Gasteiger partial charge in [-0.15, -0.1) is 0 Å². The fraction of sp³-hybridized carbons (Fsp3) is 0.411. The van der Waals surface area contributed by atoms with Crippen LogP contribution in [0, 0.1) is 22.7 Å². The lowest BCUT2D eigenvalue weighted by Crippen LogP contribution is -2.41. The molecule has 4 aromatic carbocycles. The van der Waals surface area contributed by atoms with Gasteiger partial charge in [0.2, 0.25) is 5.91 Å². The first-order chi connectivity index (χ1) is 34.9. The molecule has 0 spiro atoms. The number of benzene rings is 4. The predicted molar refractivity (Wildman–Crippen MR) is 281 cm³/mol. The third kappa shape index (κ3) is 11.8. The van der Waals surface area contributed by atoms with Crippen molar-refractivity contribution in [1.82, 2.24) is 24.1 Å². The summed E-state index contributed by atoms with van der Waals surface area (Å²) in [6.07, 6.45) is 0.772. The number of aromatic nitrogens is 3. The minimum absolute atomic E-state index is 0.0281. The number of rotatable bonds is 21. The molecular weight excluding hydrogens is 948 g/mol. The first-order valence-electron chi connectivity index (χ1n) is 24.6. The van der Waals surface area contributed by atoms with E-state index in [2.05, 4.69) is 21.0 Å². The van der Waals surface area contributed by atoms with Gasteiger partial charge in [-0.25, -0.2) is 9.46 Å². The van der Waals surface area contributed by atoms with Crippen molar-refractivity contribution in [3.05, 3.63) is 164 Å². The molecule has 5 atom stereocenters. The van der Waals surface area contributed by atoms with Crippen molar-refractivity contribution in [3.8, 4) is 17.6 Å². The molecule has 2 unspecified atom stereocenters. The van der Waals surface area contributed by atoms with Gasteiger partial charge >= 0.3 is 5.69 Å². The van der Waals surface area contributed by atoms with Crippen molar-refractivity contribution < 1.29 is 37.6 Å². The summed E-state index contributed by atoms with van der Waals surface area (Å²) in [5, 5.41) is 13.2. The van der Waals surface area contributed by atoms with Crippen LogP contribution in [0.15, 0.2) is 125 Å². The number of nitrogens with zero attached hydrogens (tertiary/aromatic N) is 4. The number of H-pyrrole nitrogens is 1. The summed E-state index contributed by atoms with van der Waals surface area (Å²) in [6, 6.07) is 34.8. The molecule has 0 bridgehead atoms. The smallest absolute Gasteiger partial charge is 0.330 e. The standard InChI is InChI=1S/C56H67N6O10P/c1-36(2)62(37(3)4)73(70-32-16-30-57)72-49-38(5)52(61-34-46(51(64)59-54(61)66)50(63)58-31-29-39-33-60(53(65)55(6,7)8)47-20-15-14-19-45(39)47)71-48(49)35-69-56(40-17-12-11-13-18-40,41-21-25-43(67-9)26-22-41)42-23-27-44(68-10)28-24-42/h11-15,17-28,33-34,36-38,48-49,52H,16,29,31-32,35H2,1-10H3,(H,58,63)(H,59,64,66)/t38-,48+,49?,52+,73?/m0/s1. The average Bonchev–Trinajstić information content (AvgIpc) is 3.89. The van der Waals surface area contributed by atoms with Crippen LogP contribution in [0.5, 0.6) is 11.5 Å². The minimum atomic E-state index is -1.83. The van der Waals surface area contributed by atoms with Crippen LogP contribution in [0.2, 0.25) is 0 Å². The van der Waals surface area contributed by atoms with Crippen molar-refractivity contribution in [2.75, 3.05) is 34.0 Å². The number of nitrogens with one attached hydrogen (secondary N) is 2. The molecule has 3 heterocycles. The van der Waals surface area contributed by atoms with E-state index in [1.165, 1.54) is 10.8 Å². The zero-order valence-electron chi connectivity index (χ0n) is 43.3. The summed E-state index contributed by atoms with van der Waals surface area (Å²) in [5.74, 6) is -0.0611. The molecule has 1 aliphatic heterocycles. The molecule has 2 aromatic heterocycles. The van der Waals surface area contributed by atoms with Gasteiger partial charge < -0.3 is 33.3 Å². The van der Waals surface area contributed by atoms with Crippen LogP contribution in [0.1, 0.15) is 105 Å². The fourth-order valence-electron chi connectivity index (χ4n) is 9.40. The first-order valence-corrected chi connectivity index (χ1v) is 25.7. The number of ether oxygens (including phenoxy) is 4. The monoisotopic (exact) mass is 1010 g/mol. The van der Waals surface area contributed by atoms with E-state index in [4.69, 9.17) is 28.0 Å². The first kappa shape index (κ1) is 54.3. The summed E-state index contributed by atoms with van der Waals surface area (Å²) in [5.41, 5.74) is 0.168. The molecule has 7 rings (SSSR count). The van der Waals surface area contributed by atoms with E-state index in [0.717, 1.165) is 33.2 Å². The maximum atomic E-state index is 14.0. The highest BCUT2D eigenvalue weighted by atomic mass is 31.2. The number of hydrogen-bond acceptors (Lipinski definition) is 12. The fourth-order valence-corrected chi connectivity index (χ4v) is 11.2. The summed E-state index contributed by atoms with van der Waals surface area (Å²) in [7, 11) is 1.38. The predicted octanol–water partition coefficient (Wildman–Crippen LogP) is 9.37. The van der Waals surface area contributed by atoms with E-state index in [0.29, 0.717) is 17.9 Å². The van der Waals surface area contributed by atoms with Gasteiger partial charge in [-0.1, -0.05) is 100 Å². The normalized spacial score (nSPS) is 17.5. The van der Waals surface area contributed by atoms with Gasteiger partial charge in [0.1, 0.15) is 41.1 Å². The van der Waals surface area contributed by atoms with Crippen LogP contribution in [0.4, 0.5) is 0 Å². The number of para-hydroxylation sites is 1. The molecule has 17 heteroatoms. The molecule has 2 N–H and O–H groups in total. The number of hydrogen-bond donors (Lipinski definition) is 2. The third-order valence-corrected chi connectivity index (χ3v) is 15.1. The molecular formula is C56H67N6O10P. The minimum Gasteiger partial charge on any atom is -0.497 e. The van der Waals surface area contributed by atoms with Crippen LogP contribution in [0.25, 0.3) is 10.9 Å². The average molecular weight is 1020 g/mol. The third-order valence-electron chi connectivity index (χ3n) is 13.0. The molecule has 386 valence electrons. The van der Waals surface area contributed by atoms with Gasteiger partial charge in [-0.2, -0.15) is 5.26 Å². The number of amides is 1. The summed E-state index contributed by atoms with van der Waals surface area (Å²) < 4.78 is 43.9. The topological polar surface area (TPSA) is 188 Å². The molecule has 1 saturated heterocycles. The van der Waals surface area contributed by atoms with Crippen molar-refractivity contribution in [2.24, 2.45) is 11.3 Å². The lowest BCUT2D eigenvalue weighted by Gasteiger charge is -2.39. The molecule has 0 radical (unpaired) electrons. The van der Waals surface area contributed by atoms with Gasteiger partial charge in [0.25, 0.3) is 20.0 Å². The number of carbonyl (C=O) groups is 2. The van der Waals surface area contributed by atoms with Crippen molar-refractivity contribution in [1.29, 1.82) is 5.26 Å². The zero-order valence-corrected chi connectivity index (χ0v) is 44.2. The van der Waals surface area contributed by atoms with E-state index >= 15 is 0 Å². The van der Waals surface area contributed by atoms with Gasteiger partial charge in [0, 0.05) is 47.7 Å². The lowest BCUT2D eigenvalue weighted by atomic mass is 9.80. The Morgan fingerprint density at radius 1 is 0.849 bits per heavy atom. The van der Waals surface area contributed by atoms with Crippen molar-refractivity contribution >= 4 is 31.2 Å². The number of fused-ring (bicyclic) bond motifs is 1. The highest BCUT2D eigenvalue weighted by Crippen LogP contribution is 2.52. The Balaban J connectivity index is 1.25. The Bertz CT molecular complexity index is 2940. The molecule has 1 amide bonds. The number of carbonyl (C=O) groups excluding carboxylic acids is 2. The number of methoxy groups -OCH3 is 2. The van der Waals surface area contributed by atoms with Gasteiger partial charge in [-0.05, 0) is 86.7 Å². The Kier molecular flexibility index (Phi) is 17.6. The Morgan fingerprint density at radius 3 is 2.01 bits per heavy atom. The molecule has 73 heavy (non-hydrogen) atoms. The molecule has 1 fully saturated rings. The Morgan fingerprint density at radius 2 is 1.44 bits per heavy atom. The molecule has 16 nitrogen and oxygen atoms in total. The summed E-state index contributed by atoms with van der Waals surface area (Å²) in [4.78, 5) is 57.2. The maximum absolute atomic E-state index is 14.0. The largest absolute Gasteiger partial charge is 0.497 e.